The number of pyridine rings is 1. The third-order valence-corrected chi connectivity index (χ3v) is 5.81. The van der Waals surface area contributed by atoms with Crippen molar-refractivity contribution in [1.82, 2.24) is 24.3 Å². The van der Waals surface area contributed by atoms with E-state index in [1.54, 1.807) is 58.3 Å². The second-order valence-corrected chi connectivity index (χ2v) is 7.75. The van der Waals surface area contributed by atoms with E-state index in [1.165, 1.54) is 11.1 Å². The molecule has 2 amide bonds. The quantitative estimate of drug-likeness (QED) is 0.386. The molecular formula is C24H20FN5O3. The predicted molar refractivity (Wildman–Crippen MR) is 119 cm³/mol. The molecule has 3 aromatic heterocycles. The Labute approximate surface area is 188 Å². The molecule has 0 spiro atoms. The lowest BCUT2D eigenvalue weighted by atomic mass is 10.1. The van der Waals surface area contributed by atoms with Crippen LogP contribution >= 0.6 is 0 Å². The van der Waals surface area contributed by atoms with Gasteiger partial charge >= 0.3 is 0 Å². The molecule has 33 heavy (non-hydrogen) atoms. The van der Waals surface area contributed by atoms with Crippen LogP contribution in [0.4, 0.5) is 4.39 Å². The molecule has 0 bridgehead atoms. The maximum Gasteiger partial charge on any atom is 0.295 e. The lowest BCUT2D eigenvalue weighted by Crippen LogP contribution is -2.52. The summed E-state index contributed by atoms with van der Waals surface area (Å²) in [5.41, 5.74) is 0.876. The van der Waals surface area contributed by atoms with E-state index < -0.39 is 17.5 Å². The van der Waals surface area contributed by atoms with Crippen LogP contribution in [0.1, 0.15) is 20.7 Å². The molecule has 0 aliphatic carbocycles. The fourth-order valence-electron chi connectivity index (χ4n) is 4.08. The predicted octanol–water partition coefficient (Wildman–Crippen LogP) is 2.66. The minimum Gasteiger partial charge on any atom is -0.357 e. The normalized spacial score (nSPS) is 14.0. The molecule has 5 rings (SSSR count). The Morgan fingerprint density at radius 1 is 0.909 bits per heavy atom. The van der Waals surface area contributed by atoms with E-state index in [2.05, 4.69) is 9.97 Å². The molecule has 1 aromatic carbocycles. The van der Waals surface area contributed by atoms with Crippen molar-refractivity contribution >= 4 is 28.5 Å². The second kappa shape index (κ2) is 8.34. The van der Waals surface area contributed by atoms with Gasteiger partial charge in [0.1, 0.15) is 0 Å². The minimum atomic E-state index is -0.798. The summed E-state index contributed by atoms with van der Waals surface area (Å²) in [6.07, 6.45) is 5.89. The topological polar surface area (TPSA) is 91.3 Å². The first-order chi connectivity index (χ1) is 16.0. The number of amides is 2. The van der Waals surface area contributed by atoms with E-state index in [-0.39, 0.29) is 29.9 Å². The number of hydrogen-bond acceptors (Lipinski definition) is 4. The third kappa shape index (κ3) is 3.67. The van der Waals surface area contributed by atoms with Crippen molar-refractivity contribution in [2.24, 2.45) is 0 Å². The fraction of sp³-hybridized carbons (Fsp3) is 0.167. The Balaban J connectivity index is 1.34. The van der Waals surface area contributed by atoms with Crippen molar-refractivity contribution in [3.63, 3.8) is 0 Å². The highest BCUT2D eigenvalue weighted by Gasteiger charge is 2.31. The molecule has 0 radical (unpaired) electrons. The van der Waals surface area contributed by atoms with Crippen molar-refractivity contribution in [2.75, 3.05) is 26.2 Å². The van der Waals surface area contributed by atoms with E-state index >= 15 is 0 Å². The number of H-pyrrole nitrogens is 1. The first-order valence-electron chi connectivity index (χ1n) is 10.5. The fourth-order valence-corrected chi connectivity index (χ4v) is 4.08. The van der Waals surface area contributed by atoms with E-state index in [9.17, 15) is 18.8 Å². The van der Waals surface area contributed by atoms with Crippen LogP contribution in [0, 0.1) is 5.82 Å². The van der Waals surface area contributed by atoms with Crippen LogP contribution in [0.3, 0.4) is 0 Å². The van der Waals surface area contributed by atoms with Gasteiger partial charge < -0.3 is 19.4 Å². The first kappa shape index (κ1) is 20.6. The number of halogens is 1. The number of carbonyl (C=O) groups is 3. The van der Waals surface area contributed by atoms with Gasteiger partial charge in [-0.2, -0.15) is 0 Å². The first-order valence-corrected chi connectivity index (χ1v) is 10.5. The summed E-state index contributed by atoms with van der Waals surface area (Å²) < 4.78 is 16.3. The van der Waals surface area contributed by atoms with Gasteiger partial charge in [0.2, 0.25) is 0 Å². The number of hydrogen-bond donors (Lipinski definition) is 1. The zero-order valence-electron chi connectivity index (χ0n) is 17.6. The number of ketones is 1. The van der Waals surface area contributed by atoms with Gasteiger partial charge in [0.25, 0.3) is 17.6 Å². The molecule has 8 nitrogen and oxygen atoms in total. The summed E-state index contributed by atoms with van der Waals surface area (Å²) in [5, 5.41) is 0.0324. The summed E-state index contributed by atoms with van der Waals surface area (Å²) in [7, 11) is 0. The van der Waals surface area contributed by atoms with Crippen LogP contribution < -0.4 is 0 Å². The average Bonchev–Trinajstić information content (AvgIpc) is 3.55. The number of piperazine rings is 1. The monoisotopic (exact) mass is 445 g/mol. The summed E-state index contributed by atoms with van der Waals surface area (Å²) in [6.45, 7) is 1.09. The van der Waals surface area contributed by atoms with Gasteiger partial charge in [0.05, 0.1) is 22.7 Å². The van der Waals surface area contributed by atoms with Crippen molar-refractivity contribution in [1.29, 1.82) is 0 Å². The molecule has 1 aliphatic heterocycles. The van der Waals surface area contributed by atoms with Crippen LogP contribution in [0.15, 0.2) is 67.3 Å². The largest absolute Gasteiger partial charge is 0.357 e. The standard InChI is InChI=1S/C24H20FN5O3/c25-18-15-27-22(28-8-4-5-9-28)20-19(18)17(14-26-20)21(31)24(33)30-12-10-29(11-13-30)23(32)16-6-2-1-3-7-16/h1-9,14-15,26H,10-13H2. The molecule has 0 saturated carbocycles. The molecule has 1 N–H and O–H groups in total. The smallest absolute Gasteiger partial charge is 0.295 e. The van der Waals surface area contributed by atoms with Crippen molar-refractivity contribution < 1.29 is 18.8 Å². The molecule has 4 heterocycles. The number of nitrogens with zero attached hydrogens (tertiary/aromatic N) is 4. The Morgan fingerprint density at radius 2 is 1.58 bits per heavy atom. The van der Waals surface area contributed by atoms with Crippen LogP contribution in [0.5, 0.6) is 0 Å². The molecule has 166 valence electrons. The van der Waals surface area contributed by atoms with Crippen molar-refractivity contribution in [2.45, 2.75) is 0 Å². The molecule has 4 aromatic rings. The van der Waals surface area contributed by atoms with E-state index in [0.717, 1.165) is 6.20 Å². The minimum absolute atomic E-state index is 0.0324. The van der Waals surface area contributed by atoms with Gasteiger partial charge in [-0.15, -0.1) is 0 Å². The zero-order valence-corrected chi connectivity index (χ0v) is 17.6. The molecular weight excluding hydrogens is 425 g/mol. The third-order valence-electron chi connectivity index (χ3n) is 5.81. The number of nitrogens with one attached hydrogen (secondary N) is 1. The van der Waals surface area contributed by atoms with Crippen molar-refractivity contribution in [3.05, 3.63) is 84.2 Å². The van der Waals surface area contributed by atoms with Gasteiger partial charge in [-0.1, -0.05) is 18.2 Å². The van der Waals surface area contributed by atoms with Crippen LogP contribution in [0.25, 0.3) is 16.7 Å². The van der Waals surface area contributed by atoms with Gasteiger partial charge in [0, 0.05) is 50.3 Å². The molecule has 9 heteroatoms. The van der Waals surface area contributed by atoms with Crippen LogP contribution in [0.2, 0.25) is 0 Å². The highest BCUT2D eigenvalue weighted by atomic mass is 19.1. The average molecular weight is 445 g/mol. The molecule has 1 aliphatic rings. The summed E-state index contributed by atoms with van der Waals surface area (Å²) in [6, 6.07) is 12.5. The SMILES string of the molecule is O=C(C(=O)N1CCN(C(=O)c2ccccc2)CC1)c1c[nH]c2c(-n3cccc3)ncc(F)c12. The van der Waals surface area contributed by atoms with Crippen molar-refractivity contribution in [3.8, 4) is 5.82 Å². The number of benzene rings is 1. The van der Waals surface area contributed by atoms with E-state index in [1.807, 2.05) is 6.07 Å². The lowest BCUT2D eigenvalue weighted by Gasteiger charge is -2.34. The highest BCUT2D eigenvalue weighted by Crippen LogP contribution is 2.26. The van der Waals surface area contributed by atoms with E-state index in [0.29, 0.717) is 30.0 Å². The summed E-state index contributed by atoms with van der Waals surface area (Å²) in [5.74, 6) is -1.89. The molecule has 0 unspecified atom stereocenters. The maximum absolute atomic E-state index is 14.7. The van der Waals surface area contributed by atoms with Gasteiger partial charge in [-0.05, 0) is 24.3 Å². The second-order valence-electron chi connectivity index (χ2n) is 7.75. The van der Waals surface area contributed by atoms with Gasteiger partial charge in [-0.3, -0.25) is 14.4 Å². The Kier molecular flexibility index (Phi) is 5.21. The highest BCUT2D eigenvalue weighted by molar-refractivity contribution is 6.45. The number of aromatic nitrogens is 3. The summed E-state index contributed by atoms with van der Waals surface area (Å²) in [4.78, 5) is 48.6. The Morgan fingerprint density at radius 3 is 2.27 bits per heavy atom. The number of Topliss-reactive ketones (excluding diaryl/α,β-unsaturated/α-hetero) is 1. The number of carbonyl (C=O) groups excluding carboxylic acids is 3. The lowest BCUT2D eigenvalue weighted by molar-refractivity contribution is -0.127. The van der Waals surface area contributed by atoms with Crippen LogP contribution in [-0.2, 0) is 4.79 Å². The van der Waals surface area contributed by atoms with Gasteiger partial charge in [-0.25, -0.2) is 9.37 Å². The Hall–Kier alpha value is -4.27. The number of rotatable bonds is 4. The number of fused-ring (bicyclic) bond motifs is 1. The maximum atomic E-state index is 14.7. The molecule has 0 atom stereocenters. The van der Waals surface area contributed by atoms with Gasteiger partial charge in [0.15, 0.2) is 11.6 Å². The van der Waals surface area contributed by atoms with E-state index in [4.69, 9.17) is 0 Å². The summed E-state index contributed by atoms with van der Waals surface area (Å²) >= 11 is 0. The Bertz CT molecular complexity index is 1340. The van der Waals surface area contributed by atoms with Crippen LogP contribution in [-0.4, -0.2) is 68.1 Å². The molecule has 1 saturated heterocycles. The number of aromatic amines is 1. The zero-order chi connectivity index (χ0) is 22.9. The molecule has 1 fully saturated rings.